The SMILES string of the molecule is C=CCn1cc(S(=O)(=O)Cl)c2c(OC(C)C)cccc21. The van der Waals surface area contributed by atoms with Gasteiger partial charge in [-0.1, -0.05) is 12.1 Å². The maximum absolute atomic E-state index is 11.8. The molecule has 20 heavy (non-hydrogen) atoms. The molecule has 0 atom stereocenters. The highest BCUT2D eigenvalue weighted by Crippen LogP contribution is 2.35. The van der Waals surface area contributed by atoms with Gasteiger partial charge in [0, 0.05) is 23.4 Å². The highest BCUT2D eigenvalue weighted by molar-refractivity contribution is 8.14. The van der Waals surface area contributed by atoms with Crippen LogP contribution < -0.4 is 4.74 Å². The molecule has 2 rings (SSSR count). The molecule has 108 valence electrons. The molecule has 0 unspecified atom stereocenters. The molecule has 0 saturated carbocycles. The van der Waals surface area contributed by atoms with Gasteiger partial charge in [0.05, 0.1) is 17.0 Å². The number of nitrogens with zero attached hydrogens (tertiary/aromatic N) is 1. The Morgan fingerprint density at radius 3 is 2.70 bits per heavy atom. The van der Waals surface area contributed by atoms with E-state index >= 15 is 0 Å². The minimum atomic E-state index is -3.85. The first kappa shape index (κ1) is 14.9. The number of rotatable bonds is 5. The Morgan fingerprint density at radius 2 is 2.15 bits per heavy atom. The molecule has 1 aromatic carbocycles. The van der Waals surface area contributed by atoms with Gasteiger partial charge in [0.15, 0.2) is 0 Å². The summed E-state index contributed by atoms with van der Waals surface area (Å²) in [4.78, 5) is 0.0623. The fourth-order valence-corrected chi connectivity index (χ4v) is 3.16. The molecule has 0 aliphatic rings. The van der Waals surface area contributed by atoms with E-state index in [1.54, 1.807) is 16.7 Å². The van der Waals surface area contributed by atoms with Crippen LogP contribution in [-0.4, -0.2) is 19.1 Å². The van der Waals surface area contributed by atoms with Gasteiger partial charge in [-0.05, 0) is 26.0 Å². The van der Waals surface area contributed by atoms with Crippen LogP contribution in [0.2, 0.25) is 0 Å². The fraction of sp³-hybridized carbons (Fsp3) is 0.286. The second-order valence-corrected chi connectivity index (χ2v) is 7.22. The lowest BCUT2D eigenvalue weighted by atomic mass is 10.2. The molecule has 0 N–H and O–H groups in total. The first-order valence-electron chi connectivity index (χ1n) is 6.18. The van der Waals surface area contributed by atoms with Crippen LogP contribution in [-0.2, 0) is 15.6 Å². The van der Waals surface area contributed by atoms with Crippen LogP contribution in [0.25, 0.3) is 10.9 Å². The third-order valence-corrected chi connectivity index (χ3v) is 4.12. The molecular weight excluding hydrogens is 298 g/mol. The molecular formula is C14H16ClNO3S. The van der Waals surface area contributed by atoms with Crippen LogP contribution in [0, 0.1) is 0 Å². The Bertz CT molecular complexity index is 747. The van der Waals surface area contributed by atoms with Gasteiger partial charge in [-0.25, -0.2) is 8.42 Å². The molecule has 2 aromatic rings. The lowest BCUT2D eigenvalue weighted by Gasteiger charge is -2.11. The largest absolute Gasteiger partial charge is 0.490 e. The van der Waals surface area contributed by atoms with E-state index in [0.717, 1.165) is 5.52 Å². The van der Waals surface area contributed by atoms with Crippen LogP contribution in [0.3, 0.4) is 0 Å². The van der Waals surface area contributed by atoms with E-state index in [1.165, 1.54) is 6.20 Å². The molecule has 0 amide bonds. The Morgan fingerprint density at radius 1 is 1.45 bits per heavy atom. The van der Waals surface area contributed by atoms with Crippen molar-refractivity contribution in [2.75, 3.05) is 0 Å². The lowest BCUT2D eigenvalue weighted by Crippen LogP contribution is -2.06. The summed E-state index contributed by atoms with van der Waals surface area (Å²) in [5, 5.41) is 0.512. The molecule has 1 aromatic heterocycles. The van der Waals surface area contributed by atoms with Crippen molar-refractivity contribution in [1.82, 2.24) is 4.57 Å². The molecule has 6 heteroatoms. The number of ether oxygens (including phenoxy) is 1. The first-order valence-corrected chi connectivity index (χ1v) is 8.49. The van der Waals surface area contributed by atoms with Crippen molar-refractivity contribution in [3.63, 3.8) is 0 Å². The monoisotopic (exact) mass is 313 g/mol. The van der Waals surface area contributed by atoms with E-state index in [4.69, 9.17) is 15.4 Å². The number of hydrogen-bond acceptors (Lipinski definition) is 3. The predicted molar refractivity (Wildman–Crippen MR) is 80.9 cm³/mol. The van der Waals surface area contributed by atoms with Gasteiger partial charge in [0.2, 0.25) is 0 Å². The van der Waals surface area contributed by atoms with Crippen molar-refractivity contribution in [2.45, 2.75) is 31.4 Å². The van der Waals surface area contributed by atoms with E-state index in [9.17, 15) is 8.42 Å². The first-order chi connectivity index (χ1) is 9.34. The van der Waals surface area contributed by atoms with Crippen molar-refractivity contribution in [3.05, 3.63) is 37.1 Å². The van der Waals surface area contributed by atoms with Gasteiger partial charge >= 0.3 is 0 Å². The minimum absolute atomic E-state index is 0.0609. The van der Waals surface area contributed by atoms with Gasteiger partial charge in [-0.2, -0.15) is 0 Å². The van der Waals surface area contributed by atoms with Crippen molar-refractivity contribution in [2.24, 2.45) is 0 Å². The molecule has 4 nitrogen and oxygen atoms in total. The Kier molecular flexibility index (Phi) is 4.11. The summed E-state index contributed by atoms with van der Waals surface area (Å²) < 4.78 is 31.0. The number of aromatic nitrogens is 1. The van der Waals surface area contributed by atoms with Gasteiger partial charge in [-0.15, -0.1) is 6.58 Å². The number of hydrogen-bond donors (Lipinski definition) is 0. The number of halogens is 1. The molecule has 0 saturated heterocycles. The molecule has 0 aliphatic heterocycles. The Balaban J connectivity index is 2.80. The summed E-state index contributed by atoms with van der Waals surface area (Å²) in [6, 6.07) is 5.40. The van der Waals surface area contributed by atoms with Gasteiger partial charge in [-0.3, -0.25) is 0 Å². The highest BCUT2D eigenvalue weighted by Gasteiger charge is 2.22. The van der Waals surface area contributed by atoms with Crippen molar-refractivity contribution >= 4 is 30.6 Å². The van der Waals surface area contributed by atoms with Crippen molar-refractivity contribution < 1.29 is 13.2 Å². The lowest BCUT2D eigenvalue weighted by molar-refractivity contribution is 0.245. The van der Waals surface area contributed by atoms with Crippen LogP contribution in [0.1, 0.15) is 13.8 Å². The standard InChI is InChI=1S/C14H16ClNO3S/c1-4-8-16-9-13(20(15,17)18)14-11(16)6-5-7-12(14)19-10(2)3/h4-7,9-10H,1,8H2,2-3H3. The zero-order chi connectivity index (χ0) is 14.9. The van der Waals surface area contributed by atoms with Gasteiger partial charge in [0.1, 0.15) is 10.6 Å². The fourth-order valence-electron chi connectivity index (χ4n) is 2.11. The maximum Gasteiger partial charge on any atom is 0.263 e. The number of fused-ring (bicyclic) bond motifs is 1. The molecule has 1 heterocycles. The highest BCUT2D eigenvalue weighted by atomic mass is 35.7. The smallest absolute Gasteiger partial charge is 0.263 e. The summed E-state index contributed by atoms with van der Waals surface area (Å²) in [7, 11) is 1.69. The van der Waals surface area contributed by atoms with Gasteiger partial charge < -0.3 is 9.30 Å². The summed E-state index contributed by atoms with van der Waals surface area (Å²) in [5.74, 6) is 0.513. The summed E-state index contributed by atoms with van der Waals surface area (Å²) >= 11 is 0. The van der Waals surface area contributed by atoms with E-state index in [-0.39, 0.29) is 11.0 Å². The predicted octanol–water partition coefficient (Wildman–Crippen LogP) is 3.54. The maximum atomic E-state index is 11.8. The Labute approximate surface area is 123 Å². The third kappa shape index (κ3) is 2.83. The summed E-state index contributed by atoms with van der Waals surface area (Å²) in [6.45, 7) is 7.93. The van der Waals surface area contributed by atoms with Crippen LogP contribution >= 0.6 is 10.7 Å². The second-order valence-electron chi connectivity index (χ2n) is 4.69. The average Bonchev–Trinajstić information content (AvgIpc) is 2.69. The quantitative estimate of drug-likeness (QED) is 0.626. The van der Waals surface area contributed by atoms with E-state index in [2.05, 4.69) is 6.58 Å². The number of benzene rings is 1. The zero-order valence-electron chi connectivity index (χ0n) is 11.3. The summed E-state index contributed by atoms with van der Waals surface area (Å²) in [6.07, 6.45) is 3.15. The van der Waals surface area contributed by atoms with E-state index in [1.807, 2.05) is 26.0 Å². The average molecular weight is 314 g/mol. The van der Waals surface area contributed by atoms with Crippen LogP contribution in [0.15, 0.2) is 41.9 Å². The van der Waals surface area contributed by atoms with Crippen LogP contribution in [0.5, 0.6) is 5.75 Å². The topological polar surface area (TPSA) is 48.3 Å². The molecule has 0 bridgehead atoms. The van der Waals surface area contributed by atoms with Gasteiger partial charge in [0.25, 0.3) is 9.05 Å². The van der Waals surface area contributed by atoms with E-state index < -0.39 is 9.05 Å². The second kappa shape index (κ2) is 5.50. The Hall–Kier alpha value is -1.46. The van der Waals surface area contributed by atoms with Crippen molar-refractivity contribution in [3.8, 4) is 5.75 Å². The molecule has 0 spiro atoms. The molecule has 0 aliphatic carbocycles. The third-order valence-electron chi connectivity index (χ3n) is 2.78. The van der Waals surface area contributed by atoms with Crippen molar-refractivity contribution in [1.29, 1.82) is 0 Å². The van der Waals surface area contributed by atoms with E-state index in [0.29, 0.717) is 17.7 Å². The normalized spacial score (nSPS) is 12.0. The van der Waals surface area contributed by atoms with Crippen LogP contribution in [0.4, 0.5) is 0 Å². The summed E-state index contributed by atoms with van der Waals surface area (Å²) in [5.41, 5.74) is 0.752. The molecule has 0 radical (unpaired) electrons. The molecule has 0 fully saturated rings. The minimum Gasteiger partial charge on any atom is -0.490 e. The zero-order valence-corrected chi connectivity index (χ0v) is 12.9. The number of allylic oxidation sites excluding steroid dienone is 1.